The summed E-state index contributed by atoms with van der Waals surface area (Å²) in [6.07, 6.45) is 1.91. The molecule has 3 N–H and O–H groups in total. The van der Waals surface area contributed by atoms with Gasteiger partial charge in [0.1, 0.15) is 5.75 Å². The molecule has 0 radical (unpaired) electrons. The third kappa shape index (κ3) is 4.31. The van der Waals surface area contributed by atoms with Crippen molar-refractivity contribution in [1.29, 1.82) is 0 Å². The molecule has 0 unspecified atom stereocenters. The number of benzene rings is 2. The van der Waals surface area contributed by atoms with E-state index in [0.29, 0.717) is 12.5 Å². The molecule has 0 spiro atoms. The van der Waals surface area contributed by atoms with Gasteiger partial charge in [-0.1, -0.05) is 30.3 Å². The Balaban J connectivity index is 1.72. The highest BCUT2D eigenvalue weighted by atomic mass is 16.5. The smallest absolute Gasteiger partial charge is 0.193 e. The number of ether oxygens (including phenoxy) is 2. The summed E-state index contributed by atoms with van der Waals surface area (Å²) in [6, 6.07) is 18.2. The zero-order valence-corrected chi connectivity index (χ0v) is 14.6. The molecule has 2 aromatic carbocycles. The number of aliphatic imine (C=N–C) groups is 1. The molecule has 0 aliphatic carbocycles. The van der Waals surface area contributed by atoms with E-state index in [2.05, 4.69) is 34.6 Å². The first-order valence-corrected chi connectivity index (χ1v) is 8.56. The van der Waals surface area contributed by atoms with Crippen LogP contribution in [0.5, 0.6) is 5.75 Å². The van der Waals surface area contributed by atoms with Gasteiger partial charge in [0.05, 0.1) is 13.7 Å². The van der Waals surface area contributed by atoms with Crippen LogP contribution in [0.2, 0.25) is 0 Å². The summed E-state index contributed by atoms with van der Waals surface area (Å²) >= 11 is 0. The second-order valence-electron chi connectivity index (χ2n) is 6.31. The molecule has 1 heterocycles. The van der Waals surface area contributed by atoms with Crippen molar-refractivity contribution in [3.8, 4) is 5.75 Å². The lowest BCUT2D eigenvalue weighted by atomic mass is 9.74. The zero-order chi connectivity index (χ0) is 17.5. The lowest BCUT2D eigenvalue weighted by Crippen LogP contribution is -2.38. The SMILES string of the molecule is COc1ccc(NC(N)=NCC2(c3ccccc3)CCOCC2)cc1. The van der Waals surface area contributed by atoms with Gasteiger partial charge in [0, 0.05) is 24.3 Å². The summed E-state index contributed by atoms with van der Waals surface area (Å²) in [4.78, 5) is 4.63. The molecule has 5 heteroatoms. The first kappa shape index (κ1) is 17.3. The summed E-state index contributed by atoms with van der Waals surface area (Å²) in [6.45, 7) is 2.17. The minimum Gasteiger partial charge on any atom is -0.497 e. The van der Waals surface area contributed by atoms with Crippen LogP contribution < -0.4 is 15.8 Å². The highest BCUT2D eigenvalue weighted by molar-refractivity contribution is 5.92. The standard InChI is InChI=1S/C20H25N3O2/c1-24-18-9-7-17(8-10-18)23-19(21)22-15-20(11-13-25-14-12-20)16-5-3-2-4-6-16/h2-10H,11-15H2,1H3,(H3,21,22,23). The van der Waals surface area contributed by atoms with Gasteiger partial charge in [-0.05, 0) is 42.7 Å². The van der Waals surface area contributed by atoms with Crippen molar-refractivity contribution in [1.82, 2.24) is 0 Å². The molecule has 1 aliphatic rings. The molecule has 2 aromatic rings. The van der Waals surface area contributed by atoms with E-state index in [9.17, 15) is 0 Å². The van der Waals surface area contributed by atoms with Crippen molar-refractivity contribution in [3.05, 3.63) is 60.2 Å². The van der Waals surface area contributed by atoms with Crippen LogP contribution in [-0.4, -0.2) is 32.8 Å². The van der Waals surface area contributed by atoms with E-state index in [1.807, 2.05) is 30.3 Å². The number of methoxy groups -OCH3 is 1. The average molecular weight is 339 g/mol. The number of nitrogens with one attached hydrogen (secondary N) is 1. The molecule has 0 saturated carbocycles. The number of hydrogen-bond acceptors (Lipinski definition) is 3. The van der Waals surface area contributed by atoms with Gasteiger partial charge >= 0.3 is 0 Å². The van der Waals surface area contributed by atoms with Crippen LogP contribution in [0, 0.1) is 0 Å². The van der Waals surface area contributed by atoms with Crippen LogP contribution in [0.4, 0.5) is 5.69 Å². The van der Waals surface area contributed by atoms with Crippen molar-refractivity contribution in [2.45, 2.75) is 18.3 Å². The average Bonchev–Trinajstić information content (AvgIpc) is 2.68. The third-order valence-corrected chi connectivity index (χ3v) is 4.75. The van der Waals surface area contributed by atoms with Crippen LogP contribution in [-0.2, 0) is 10.2 Å². The first-order chi connectivity index (χ1) is 12.2. The predicted molar refractivity (Wildman–Crippen MR) is 101 cm³/mol. The number of hydrogen-bond donors (Lipinski definition) is 2. The number of nitrogens with two attached hydrogens (primary N) is 1. The van der Waals surface area contributed by atoms with Gasteiger partial charge in [-0.2, -0.15) is 0 Å². The molecule has 1 aliphatic heterocycles. The molecule has 1 fully saturated rings. The Morgan fingerprint density at radius 1 is 1.12 bits per heavy atom. The maximum Gasteiger partial charge on any atom is 0.193 e. The molecule has 0 aromatic heterocycles. The lowest BCUT2D eigenvalue weighted by molar-refractivity contribution is 0.0531. The largest absolute Gasteiger partial charge is 0.497 e. The monoisotopic (exact) mass is 339 g/mol. The van der Waals surface area contributed by atoms with Gasteiger partial charge in [-0.25, -0.2) is 0 Å². The van der Waals surface area contributed by atoms with E-state index >= 15 is 0 Å². The van der Waals surface area contributed by atoms with Crippen LogP contribution in [0.15, 0.2) is 59.6 Å². The fourth-order valence-electron chi connectivity index (χ4n) is 3.19. The van der Waals surface area contributed by atoms with E-state index in [1.165, 1.54) is 5.56 Å². The molecular formula is C20H25N3O2. The van der Waals surface area contributed by atoms with Crippen LogP contribution in [0.3, 0.4) is 0 Å². The van der Waals surface area contributed by atoms with Gasteiger partial charge in [0.2, 0.25) is 0 Å². The fraction of sp³-hybridized carbons (Fsp3) is 0.350. The van der Waals surface area contributed by atoms with Crippen molar-refractivity contribution in [2.75, 3.05) is 32.2 Å². The molecule has 0 bridgehead atoms. The summed E-state index contributed by atoms with van der Waals surface area (Å²) < 4.78 is 10.7. The van der Waals surface area contributed by atoms with E-state index in [0.717, 1.165) is 37.5 Å². The van der Waals surface area contributed by atoms with E-state index in [-0.39, 0.29) is 5.41 Å². The third-order valence-electron chi connectivity index (χ3n) is 4.75. The van der Waals surface area contributed by atoms with Crippen LogP contribution >= 0.6 is 0 Å². The van der Waals surface area contributed by atoms with Crippen molar-refractivity contribution in [3.63, 3.8) is 0 Å². The number of anilines is 1. The molecule has 0 amide bonds. The molecule has 25 heavy (non-hydrogen) atoms. The Hall–Kier alpha value is -2.53. The van der Waals surface area contributed by atoms with Crippen LogP contribution in [0.1, 0.15) is 18.4 Å². The molecule has 5 nitrogen and oxygen atoms in total. The van der Waals surface area contributed by atoms with E-state index in [4.69, 9.17) is 15.2 Å². The van der Waals surface area contributed by atoms with Crippen LogP contribution in [0.25, 0.3) is 0 Å². The summed E-state index contributed by atoms with van der Waals surface area (Å²) in [5.74, 6) is 1.23. The molecule has 132 valence electrons. The minimum atomic E-state index is -0.00822. The highest BCUT2D eigenvalue weighted by Crippen LogP contribution is 2.35. The molecular weight excluding hydrogens is 314 g/mol. The normalized spacial score (nSPS) is 17.1. The maximum absolute atomic E-state index is 6.11. The Bertz CT molecular complexity index is 693. The van der Waals surface area contributed by atoms with Gasteiger partial charge in [0.15, 0.2) is 5.96 Å². The molecule has 1 saturated heterocycles. The van der Waals surface area contributed by atoms with Gasteiger partial charge in [-0.15, -0.1) is 0 Å². The lowest BCUT2D eigenvalue weighted by Gasteiger charge is -2.36. The maximum atomic E-state index is 6.11. The predicted octanol–water partition coefficient (Wildman–Crippen LogP) is 3.17. The van der Waals surface area contributed by atoms with E-state index in [1.54, 1.807) is 7.11 Å². The Morgan fingerprint density at radius 3 is 2.44 bits per heavy atom. The second kappa shape index (κ2) is 8.03. The molecule has 0 atom stereocenters. The zero-order valence-electron chi connectivity index (χ0n) is 14.6. The van der Waals surface area contributed by atoms with Gasteiger partial charge < -0.3 is 20.5 Å². The minimum absolute atomic E-state index is 0.00822. The summed E-state index contributed by atoms with van der Waals surface area (Å²) in [5.41, 5.74) is 8.29. The molecule has 3 rings (SSSR count). The Morgan fingerprint density at radius 2 is 1.80 bits per heavy atom. The number of rotatable bonds is 5. The quantitative estimate of drug-likeness (QED) is 0.648. The van der Waals surface area contributed by atoms with Gasteiger partial charge in [0.25, 0.3) is 0 Å². The Kier molecular flexibility index (Phi) is 5.56. The number of nitrogens with zero attached hydrogens (tertiary/aromatic N) is 1. The summed E-state index contributed by atoms with van der Waals surface area (Å²) in [7, 11) is 1.65. The second-order valence-corrected chi connectivity index (χ2v) is 6.31. The van der Waals surface area contributed by atoms with Gasteiger partial charge in [-0.3, -0.25) is 4.99 Å². The topological polar surface area (TPSA) is 68.9 Å². The Labute approximate surface area is 148 Å². The fourth-order valence-corrected chi connectivity index (χ4v) is 3.19. The summed E-state index contributed by atoms with van der Waals surface area (Å²) in [5, 5.41) is 3.14. The van der Waals surface area contributed by atoms with Crippen molar-refractivity contribution in [2.24, 2.45) is 10.7 Å². The highest BCUT2D eigenvalue weighted by Gasteiger charge is 2.34. The first-order valence-electron chi connectivity index (χ1n) is 8.56. The van der Waals surface area contributed by atoms with Crippen molar-refractivity contribution >= 4 is 11.6 Å². The van der Waals surface area contributed by atoms with E-state index < -0.39 is 0 Å². The van der Waals surface area contributed by atoms with Crippen molar-refractivity contribution < 1.29 is 9.47 Å². The number of guanidine groups is 1.